The van der Waals surface area contributed by atoms with Gasteiger partial charge in [-0.1, -0.05) is 43.3 Å². The molecule has 0 amide bonds. The van der Waals surface area contributed by atoms with Gasteiger partial charge in [0.05, 0.1) is 16.5 Å². The van der Waals surface area contributed by atoms with Crippen LogP contribution in [0.3, 0.4) is 0 Å². The zero-order valence-electron chi connectivity index (χ0n) is 17.5. The minimum Gasteiger partial charge on any atom is -0.481 e. The number of carboxylic acid groups (broad SMARTS) is 2. The second-order valence-electron chi connectivity index (χ2n) is 8.03. The number of alkyl halides is 6. The highest BCUT2D eigenvalue weighted by Crippen LogP contribution is 2.46. The second kappa shape index (κ2) is 8.66. The molecule has 1 aliphatic rings. The monoisotopic (exact) mass is 484 g/mol. The number of carbonyl (C=O) groups is 2. The molecule has 2 aromatic rings. The fourth-order valence-electron chi connectivity index (χ4n) is 4.01. The molecule has 1 aliphatic carbocycles. The summed E-state index contributed by atoms with van der Waals surface area (Å²) in [5.74, 6) is -4.13. The van der Waals surface area contributed by atoms with Gasteiger partial charge in [0, 0.05) is 11.5 Å². The van der Waals surface area contributed by atoms with Crippen molar-refractivity contribution in [3.8, 4) is 0 Å². The van der Waals surface area contributed by atoms with E-state index in [-0.39, 0.29) is 18.1 Å². The van der Waals surface area contributed by atoms with Crippen molar-refractivity contribution in [1.82, 2.24) is 0 Å². The molecule has 10 heteroatoms. The topological polar surface area (TPSA) is 74.6 Å². The first-order valence-electron chi connectivity index (χ1n) is 9.90. The number of halogens is 6. The van der Waals surface area contributed by atoms with Crippen LogP contribution in [0.5, 0.6) is 0 Å². The summed E-state index contributed by atoms with van der Waals surface area (Å²) in [5, 5.41) is 19.8. The smallest absolute Gasteiger partial charge is 0.416 e. The fraction of sp³-hybridized carbons (Fsp3) is 0.250. The maximum absolute atomic E-state index is 13.3. The van der Waals surface area contributed by atoms with Crippen LogP contribution in [0.1, 0.15) is 29.2 Å². The average molecular weight is 484 g/mol. The van der Waals surface area contributed by atoms with E-state index in [1.165, 1.54) is 6.92 Å². The molecule has 3 rings (SSSR count). The van der Waals surface area contributed by atoms with E-state index in [4.69, 9.17) is 0 Å². The second-order valence-corrected chi connectivity index (χ2v) is 8.03. The molecule has 2 atom stereocenters. The Morgan fingerprint density at radius 3 is 1.88 bits per heavy atom. The van der Waals surface area contributed by atoms with E-state index >= 15 is 0 Å². The molecule has 4 nitrogen and oxygen atoms in total. The number of aliphatic carboxylic acids is 2. The molecule has 0 radical (unpaired) electrons. The lowest BCUT2D eigenvalue weighted by molar-refractivity contribution is -0.149. The summed E-state index contributed by atoms with van der Waals surface area (Å²) in [7, 11) is 0. The Labute approximate surface area is 189 Å². The van der Waals surface area contributed by atoms with Gasteiger partial charge >= 0.3 is 24.3 Å². The summed E-state index contributed by atoms with van der Waals surface area (Å²) in [5.41, 5.74) is -6.01. The molecule has 0 fully saturated rings. The Morgan fingerprint density at radius 2 is 1.44 bits per heavy atom. The Bertz CT molecular complexity index is 1150. The van der Waals surface area contributed by atoms with E-state index < -0.39 is 57.9 Å². The molecule has 34 heavy (non-hydrogen) atoms. The van der Waals surface area contributed by atoms with Gasteiger partial charge in [-0.3, -0.25) is 4.79 Å². The Balaban J connectivity index is 2.30. The number of hydrogen-bond donors (Lipinski definition) is 2. The lowest BCUT2D eigenvalue weighted by Gasteiger charge is -2.37. The van der Waals surface area contributed by atoms with Gasteiger partial charge in [-0.05, 0) is 47.4 Å². The van der Waals surface area contributed by atoms with E-state index in [1.54, 1.807) is 30.3 Å². The summed E-state index contributed by atoms with van der Waals surface area (Å²) >= 11 is 0. The molecule has 2 N–H and O–H groups in total. The third-order valence-electron chi connectivity index (χ3n) is 5.87. The quantitative estimate of drug-likeness (QED) is 0.505. The van der Waals surface area contributed by atoms with Crippen molar-refractivity contribution in [2.24, 2.45) is 11.3 Å². The maximum atomic E-state index is 13.3. The van der Waals surface area contributed by atoms with Crippen molar-refractivity contribution in [2.45, 2.75) is 25.7 Å². The van der Waals surface area contributed by atoms with E-state index in [0.29, 0.717) is 17.7 Å². The van der Waals surface area contributed by atoms with E-state index in [1.807, 2.05) is 0 Å². The average Bonchev–Trinajstić information content (AvgIpc) is 2.74. The van der Waals surface area contributed by atoms with Crippen LogP contribution >= 0.6 is 0 Å². The first-order valence-corrected chi connectivity index (χ1v) is 9.90. The normalized spacial score (nSPS) is 21.0. The van der Waals surface area contributed by atoms with Crippen LogP contribution in [0.15, 0.2) is 66.3 Å². The largest absolute Gasteiger partial charge is 0.481 e. The van der Waals surface area contributed by atoms with Gasteiger partial charge in [0.15, 0.2) is 0 Å². The number of hydrogen-bond acceptors (Lipinski definition) is 2. The van der Waals surface area contributed by atoms with Crippen LogP contribution in [-0.2, 0) is 28.4 Å². The molecule has 0 heterocycles. The molecule has 0 bridgehead atoms. The highest BCUT2D eigenvalue weighted by atomic mass is 19.4. The van der Waals surface area contributed by atoms with Crippen LogP contribution < -0.4 is 0 Å². The van der Waals surface area contributed by atoms with Crippen molar-refractivity contribution in [3.05, 3.63) is 88.5 Å². The van der Waals surface area contributed by atoms with Crippen LogP contribution in [-0.4, -0.2) is 22.2 Å². The molecule has 0 saturated heterocycles. The third-order valence-corrected chi connectivity index (χ3v) is 5.87. The SMILES string of the molecule is CC1C(C(=O)O)=CC(c2cc(C(F)(F)F)cc(C(F)(F)F)c2)=CC1(Cc1ccccc1)C(=O)O. The van der Waals surface area contributed by atoms with Crippen molar-refractivity contribution in [2.75, 3.05) is 0 Å². The Morgan fingerprint density at radius 1 is 0.912 bits per heavy atom. The first-order chi connectivity index (χ1) is 15.6. The van der Waals surface area contributed by atoms with Crippen LogP contribution in [0.25, 0.3) is 5.57 Å². The molecule has 2 aromatic carbocycles. The number of allylic oxidation sites excluding steroid dienone is 2. The van der Waals surface area contributed by atoms with E-state index in [9.17, 15) is 46.1 Å². The summed E-state index contributed by atoms with van der Waals surface area (Å²) in [6, 6.07) is 8.95. The van der Waals surface area contributed by atoms with Crippen molar-refractivity contribution in [1.29, 1.82) is 0 Å². The molecule has 0 aromatic heterocycles. The standard InChI is InChI=1S/C24H18F6O4/c1-13-19(20(31)32)9-16(12-22(13,21(33)34)11-14-5-3-2-4-6-14)15-7-17(23(25,26)27)10-18(8-15)24(28,29)30/h2-10,12-13H,11H2,1H3,(H,31,32)(H,33,34). The van der Waals surface area contributed by atoms with Crippen molar-refractivity contribution >= 4 is 17.5 Å². The van der Waals surface area contributed by atoms with E-state index in [0.717, 1.165) is 12.2 Å². The molecule has 0 saturated carbocycles. The summed E-state index contributed by atoms with van der Waals surface area (Å²) in [4.78, 5) is 24.4. The molecule has 2 unspecified atom stereocenters. The predicted octanol–water partition coefficient (Wildman–Crippen LogP) is 6.08. The van der Waals surface area contributed by atoms with Crippen LogP contribution in [0.2, 0.25) is 0 Å². The minimum absolute atomic E-state index is 0.0499. The van der Waals surface area contributed by atoms with Gasteiger partial charge in [-0.25, -0.2) is 4.79 Å². The number of rotatable bonds is 5. The minimum atomic E-state index is -5.12. The van der Waals surface area contributed by atoms with Crippen LogP contribution in [0.4, 0.5) is 26.3 Å². The lowest BCUT2D eigenvalue weighted by atomic mass is 9.64. The zero-order valence-corrected chi connectivity index (χ0v) is 17.5. The molecular formula is C24H18F6O4. The van der Waals surface area contributed by atoms with Gasteiger partial charge in [0.1, 0.15) is 0 Å². The number of carboxylic acids is 2. The fourth-order valence-corrected chi connectivity index (χ4v) is 4.01. The maximum Gasteiger partial charge on any atom is 0.416 e. The third kappa shape index (κ3) is 4.85. The van der Waals surface area contributed by atoms with Gasteiger partial charge in [-0.15, -0.1) is 0 Å². The highest BCUT2D eigenvalue weighted by molar-refractivity contribution is 5.97. The summed E-state index contributed by atoms with van der Waals surface area (Å²) < 4.78 is 80.1. The lowest BCUT2D eigenvalue weighted by Crippen LogP contribution is -2.42. The number of benzene rings is 2. The van der Waals surface area contributed by atoms with Crippen molar-refractivity contribution < 1.29 is 46.1 Å². The highest BCUT2D eigenvalue weighted by Gasteiger charge is 2.47. The molecule has 0 aliphatic heterocycles. The summed E-state index contributed by atoms with van der Waals surface area (Å²) in [6.45, 7) is 1.34. The molecular weight excluding hydrogens is 466 g/mol. The van der Waals surface area contributed by atoms with Gasteiger partial charge in [-0.2, -0.15) is 26.3 Å². The van der Waals surface area contributed by atoms with Gasteiger partial charge in [0.2, 0.25) is 0 Å². The Hall–Kier alpha value is -3.56. The zero-order chi connectivity index (χ0) is 25.5. The van der Waals surface area contributed by atoms with Gasteiger partial charge < -0.3 is 10.2 Å². The summed E-state index contributed by atoms with van der Waals surface area (Å²) in [6.07, 6.45) is -8.49. The molecule has 0 spiro atoms. The van der Waals surface area contributed by atoms with Crippen LogP contribution in [0, 0.1) is 11.3 Å². The van der Waals surface area contributed by atoms with E-state index in [2.05, 4.69) is 0 Å². The van der Waals surface area contributed by atoms with Gasteiger partial charge in [0.25, 0.3) is 0 Å². The Kier molecular flexibility index (Phi) is 6.38. The van der Waals surface area contributed by atoms with Crippen molar-refractivity contribution in [3.63, 3.8) is 0 Å². The predicted molar refractivity (Wildman–Crippen MR) is 110 cm³/mol. The first kappa shape index (κ1) is 25.1. The molecule has 180 valence electrons.